The number of methoxy groups -OCH3 is 1. The Morgan fingerprint density at radius 3 is 2.56 bits per heavy atom. The molecule has 7 heteroatoms. The highest BCUT2D eigenvalue weighted by Crippen LogP contribution is 2.34. The van der Waals surface area contributed by atoms with Gasteiger partial charge in [0.25, 0.3) is 5.91 Å². The summed E-state index contributed by atoms with van der Waals surface area (Å²) >= 11 is 11.9. The first kappa shape index (κ1) is 12.7. The predicted molar refractivity (Wildman–Crippen MR) is 69.4 cm³/mol. The molecule has 94 valence electrons. The minimum Gasteiger partial charge on any atom is -0.494 e. The average Bonchev–Trinajstić information content (AvgIpc) is 2.77. The second-order valence-electron chi connectivity index (χ2n) is 3.43. The summed E-state index contributed by atoms with van der Waals surface area (Å²) in [5, 5.41) is 4.35. The maximum Gasteiger partial charge on any atom is 0.283 e. The van der Waals surface area contributed by atoms with Gasteiger partial charge in [0.1, 0.15) is 11.4 Å². The van der Waals surface area contributed by atoms with Crippen LogP contribution in [0.4, 0.5) is 5.82 Å². The molecule has 1 aromatic heterocycles. The number of aromatic nitrogens is 2. The standard InChI is InChI=1S/C11H9Cl2N3O2/c1-18-10-7(13)3-2-6(12)9(10)11(17)16-5-4-8(14)15-16/h2-5H,1H3,(H2,14,15). The van der Waals surface area contributed by atoms with E-state index < -0.39 is 5.91 Å². The Labute approximate surface area is 113 Å². The van der Waals surface area contributed by atoms with Gasteiger partial charge in [-0.1, -0.05) is 23.2 Å². The lowest BCUT2D eigenvalue weighted by atomic mass is 10.2. The summed E-state index contributed by atoms with van der Waals surface area (Å²) in [4.78, 5) is 12.2. The van der Waals surface area contributed by atoms with Crippen LogP contribution in [0.15, 0.2) is 24.4 Å². The van der Waals surface area contributed by atoms with Crippen molar-refractivity contribution >= 4 is 34.9 Å². The van der Waals surface area contributed by atoms with Gasteiger partial charge in [-0.2, -0.15) is 0 Å². The molecule has 0 fully saturated rings. The zero-order chi connectivity index (χ0) is 13.3. The largest absolute Gasteiger partial charge is 0.494 e. The fraction of sp³-hybridized carbons (Fsp3) is 0.0909. The molecule has 18 heavy (non-hydrogen) atoms. The monoisotopic (exact) mass is 285 g/mol. The molecule has 1 aromatic carbocycles. The number of hydrogen-bond donors (Lipinski definition) is 1. The van der Waals surface area contributed by atoms with Crippen LogP contribution in [-0.2, 0) is 0 Å². The maximum absolute atomic E-state index is 12.2. The molecule has 0 bridgehead atoms. The third-order valence-electron chi connectivity index (χ3n) is 2.29. The zero-order valence-corrected chi connectivity index (χ0v) is 10.9. The van der Waals surface area contributed by atoms with E-state index >= 15 is 0 Å². The van der Waals surface area contributed by atoms with Gasteiger partial charge in [0.15, 0.2) is 5.75 Å². The van der Waals surface area contributed by atoms with E-state index in [0.29, 0.717) is 5.02 Å². The summed E-state index contributed by atoms with van der Waals surface area (Å²) in [6.45, 7) is 0. The second-order valence-corrected chi connectivity index (χ2v) is 4.24. The first-order chi connectivity index (χ1) is 8.54. The Morgan fingerprint density at radius 1 is 1.33 bits per heavy atom. The van der Waals surface area contributed by atoms with Crippen LogP contribution in [-0.4, -0.2) is 22.8 Å². The summed E-state index contributed by atoms with van der Waals surface area (Å²) in [5.74, 6) is -0.0141. The first-order valence-electron chi connectivity index (χ1n) is 4.92. The SMILES string of the molecule is COc1c(Cl)ccc(Cl)c1C(=O)n1ccc(N)n1. The molecule has 0 atom stereocenters. The highest BCUT2D eigenvalue weighted by atomic mass is 35.5. The molecule has 0 saturated heterocycles. The van der Waals surface area contributed by atoms with Crippen LogP contribution in [0, 0.1) is 0 Å². The average molecular weight is 286 g/mol. The van der Waals surface area contributed by atoms with Gasteiger partial charge in [0.05, 0.1) is 17.2 Å². The van der Waals surface area contributed by atoms with Crippen LogP contribution in [0.3, 0.4) is 0 Å². The molecule has 0 amide bonds. The Kier molecular flexibility index (Phi) is 3.45. The number of nitrogen functional groups attached to an aromatic ring is 1. The summed E-state index contributed by atoms with van der Waals surface area (Å²) < 4.78 is 6.18. The molecule has 1 heterocycles. The summed E-state index contributed by atoms with van der Waals surface area (Å²) in [6.07, 6.45) is 1.44. The van der Waals surface area contributed by atoms with E-state index in [4.69, 9.17) is 33.7 Å². The van der Waals surface area contributed by atoms with E-state index in [0.717, 1.165) is 4.68 Å². The summed E-state index contributed by atoms with van der Waals surface area (Å²) in [7, 11) is 1.41. The Balaban J connectivity index is 2.57. The molecule has 0 spiro atoms. The number of carbonyl (C=O) groups excluding carboxylic acids is 1. The first-order valence-corrected chi connectivity index (χ1v) is 5.68. The van der Waals surface area contributed by atoms with Crippen molar-refractivity contribution < 1.29 is 9.53 Å². The lowest BCUT2D eigenvalue weighted by molar-refractivity contribution is 0.0942. The van der Waals surface area contributed by atoms with E-state index in [1.54, 1.807) is 6.07 Å². The lowest BCUT2D eigenvalue weighted by Gasteiger charge is -2.10. The quantitative estimate of drug-likeness (QED) is 0.920. The molecule has 0 unspecified atom stereocenters. The van der Waals surface area contributed by atoms with Crippen molar-refractivity contribution in [1.29, 1.82) is 0 Å². The third kappa shape index (κ3) is 2.14. The molecule has 0 aliphatic heterocycles. The number of nitrogens with two attached hydrogens (primary N) is 1. The van der Waals surface area contributed by atoms with Gasteiger partial charge in [0.2, 0.25) is 0 Å². The minimum atomic E-state index is -0.462. The van der Waals surface area contributed by atoms with Gasteiger partial charge in [-0.3, -0.25) is 4.79 Å². The number of hydrogen-bond acceptors (Lipinski definition) is 4. The van der Waals surface area contributed by atoms with Crippen molar-refractivity contribution in [1.82, 2.24) is 9.78 Å². The van der Waals surface area contributed by atoms with Crippen molar-refractivity contribution in [2.75, 3.05) is 12.8 Å². The van der Waals surface area contributed by atoms with Crippen LogP contribution in [0.1, 0.15) is 10.4 Å². The minimum absolute atomic E-state index is 0.148. The van der Waals surface area contributed by atoms with E-state index in [-0.39, 0.29) is 22.2 Å². The molecule has 2 N–H and O–H groups in total. The highest BCUT2D eigenvalue weighted by Gasteiger charge is 2.21. The number of benzene rings is 1. The normalized spacial score (nSPS) is 10.4. The predicted octanol–water partition coefficient (Wildman–Crippen LogP) is 2.47. The van der Waals surface area contributed by atoms with E-state index in [2.05, 4.69) is 5.10 Å². The number of anilines is 1. The van der Waals surface area contributed by atoms with Gasteiger partial charge >= 0.3 is 0 Å². The van der Waals surface area contributed by atoms with E-state index in [1.807, 2.05) is 0 Å². The van der Waals surface area contributed by atoms with Gasteiger partial charge < -0.3 is 10.5 Å². The Bertz CT molecular complexity index is 610. The van der Waals surface area contributed by atoms with Crippen LogP contribution < -0.4 is 10.5 Å². The van der Waals surface area contributed by atoms with E-state index in [9.17, 15) is 4.79 Å². The smallest absolute Gasteiger partial charge is 0.283 e. The van der Waals surface area contributed by atoms with Crippen LogP contribution >= 0.6 is 23.2 Å². The maximum atomic E-state index is 12.2. The number of carbonyl (C=O) groups is 1. The number of rotatable bonds is 2. The van der Waals surface area contributed by atoms with Gasteiger partial charge in [-0.05, 0) is 12.1 Å². The molecule has 5 nitrogen and oxygen atoms in total. The topological polar surface area (TPSA) is 70.1 Å². The lowest BCUT2D eigenvalue weighted by Crippen LogP contribution is -2.15. The molecule has 0 saturated carbocycles. The summed E-state index contributed by atoms with van der Waals surface area (Å²) in [5.41, 5.74) is 5.61. The molecule has 0 aliphatic carbocycles. The van der Waals surface area contributed by atoms with Crippen molar-refractivity contribution in [3.8, 4) is 5.75 Å². The number of nitrogens with zero attached hydrogens (tertiary/aromatic N) is 2. The van der Waals surface area contributed by atoms with E-state index in [1.165, 1.54) is 25.4 Å². The Morgan fingerprint density at radius 2 is 2.00 bits per heavy atom. The highest BCUT2D eigenvalue weighted by molar-refractivity contribution is 6.37. The summed E-state index contributed by atoms with van der Waals surface area (Å²) in [6, 6.07) is 4.58. The van der Waals surface area contributed by atoms with Crippen molar-refractivity contribution in [3.05, 3.63) is 40.0 Å². The van der Waals surface area contributed by atoms with Crippen LogP contribution in [0.5, 0.6) is 5.75 Å². The van der Waals surface area contributed by atoms with Crippen molar-refractivity contribution in [2.24, 2.45) is 0 Å². The van der Waals surface area contributed by atoms with Gasteiger partial charge in [-0.25, -0.2) is 4.68 Å². The van der Waals surface area contributed by atoms with Crippen molar-refractivity contribution in [3.63, 3.8) is 0 Å². The Hall–Kier alpha value is -1.72. The molecular weight excluding hydrogens is 277 g/mol. The van der Waals surface area contributed by atoms with Crippen LogP contribution in [0.25, 0.3) is 0 Å². The third-order valence-corrected chi connectivity index (χ3v) is 2.91. The number of halogens is 2. The second kappa shape index (κ2) is 4.88. The molecular formula is C11H9Cl2N3O2. The van der Waals surface area contributed by atoms with Gasteiger partial charge in [-0.15, -0.1) is 5.10 Å². The molecule has 0 aliphatic rings. The molecule has 0 radical (unpaired) electrons. The molecule has 2 rings (SSSR count). The fourth-order valence-corrected chi connectivity index (χ4v) is 1.96. The van der Waals surface area contributed by atoms with Crippen molar-refractivity contribution in [2.45, 2.75) is 0 Å². The molecule has 2 aromatic rings. The van der Waals surface area contributed by atoms with Gasteiger partial charge in [0, 0.05) is 12.3 Å². The van der Waals surface area contributed by atoms with Crippen LogP contribution in [0.2, 0.25) is 10.0 Å². The number of ether oxygens (including phenoxy) is 1. The zero-order valence-electron chi connectivity index (χ0n) is 9.35. The fourth-order valence-electron chi connectivity index (χ4n) is 1.50.